The Balaban J connectivity index is 3.14. The lowest BCUT2D eigenvalue weighted by Gasteiger charge is -2.07. The molecule has 0 unspecified atom stereocenters. The second kappa shape index (κ2) is 6.01. The molecule has 1 aromatic rings. The fourth-order valence-electron chi connectivity index (χ4n) is 1.21. The standard InChI is InChI=1S/C10H12ClFN6O/c1-4(19)16-8-6(11)2-5(3-7(8)12)17-10(15)18-9(13)14/h2-3H,1H3,(H,16,19)(H6,13,14,15,17,18). The maximum absolute atomic E-state index is 13.7. The molecule has 0 bridgehead atoms. The molecule has 0 fully saturated rings. The maximum Gasteiger partial charge on any atom is 0.223 e. The van der Waals surface area contributed by atoms with E-state index in [1.807, 2.05) is 0 Å². The van der Waals surface area contributed by atoms with E-state index in [1.165, 1.54) is 13.0 Å². The van der Waals surface area contributed by atoms with Crippen LogP contribution in [-0.4, -0.2) is 17.8 Å². The van der Waals surface area contributed by atoms with E-state index in [9.17, 15) is 9.18 Å². The van der Waals surface area contributed by atoms with Gasteiger partial charge in [0.2, 0.25) is 11.9 Å². The van der Waals surface area contributed by atoms with Gasteiger partial charge in [-0.1, -0.05) is 11.6 Å². The Morgan fingerprint density at radius 1 is 1.37 bits per heavy atom. The normalized spacial score (nSPS) is 11.0. The molecule has 1 aromatic carbocycles. The molecular formula is C10H12ClFN6O. The summed E-state index contributed by atoms with van der Waals surface area (Å²) >= 11 is 5.82. The van der Waals surface area contributed by atoms with Gasteiger partial charge in [-0.25, -0.2) is 9.38 Å². The molecule has 19 heavy (non-hydrogen) atoms. The van der Waals surface area contributed by atoms with Gasteiger partial charge in [-0.2, -0.15) is 4.99 Å². The number of nitrogens with one attached hydrogen (secondary N) is 1. The zero-order valence-electron chi connectivity index (χ0n) is 9.95. The van der Waals surface area contributed by atoms with E-state index in [1.54, 1.807) is 0 Å². The number of hydrogen-bond acceptors (Lipinski definition) is 2. The highest BCUT2D eigenvalue weighted by Crippen LogP contribution is 2.30. The molecule has 0 saturated heterocycles. The van der Waals surface area contributed by atoms with Crippen LogP contribution in [0.25, 0.3) is 0 Å². The number of amides is 1. The summed E-state index contributed by atoms with van der Waals surface area (Å²) in [4.78, 5) is 18.1. The predicted molar refractivity (Wildman–Crippen MR) is 72.8 cm³/mol. The lowest BCUT2D eigenvalue weighted by molar-refractivity contribution is -0.114. The van der Waals surface area contributed by atoms with Gasteiger partial charge in [0.05, 0.1) is 16.4 Å². The SMILES string of the molecule is CC(=O)Nc1c(F)cc(N=C(N)N=C(N)N)cc1Cl. The highest BCUT2D eigenvalue weighted by molar-refractivity contribution is 6.34. The minimum absolute atomic E-state index is 0.0218. The number of anilines is 1. The summed E-state index contributed by atoms with van der Waals surface area (Å²) in [6.07, 6.45) is 0. The van der Waals surface area contributed by atoms with Crippen molar-refractivity contribution in [1.29, 1.82) is 0 Å². The molecule has 0 aliphatic heterocycles. The Labute approximate surface area is 113 Å². The molecule has 7 N–H and O–H groups in total. The summed E-state index contributed by atoms with van der Waals surface area (Å²) in [5.74, 6) is -1.72. The van der Waals surface area contributed by atoms with Crippen molar-refractivity contribution in [1.82, 2.24) is 0 Å². The van der Waals surface area contributed by atoms with Crippen molar-refractivity contribution in [3.05, 3.63) is 23.0 Å². The van der Waals surface area contributed by atoms with Gasteiger partial charge in [0, 0.05) is 13.0 Å². The average Bonchev–Trinajstić information content (AvgIpc) is 2.21. The lowest BCUT2D eigenvalue weighted by Crippen LogP contribution is -2.26. The van der Waals surface area contributed by atoms with Gasteiger partial charge in [-0.3, -0.25) is 4.79 Å². The maximum atomic E-state index is 13.7. The molecule has 1 amide bonds. The number of nitrogens with two attached hydrogens (primary N) is 3. The first-order valence-electron chi connectivity index (χ1n) is 5.00. The molecule has 0 aromatic heterocycles. The van der Waals surface area contributed by atoms with Crippen molar-refractivity contribution in [3.63, 3.8) is 0 Å². The van der Waals surface area contributed by atoms with Crippen LogP contribution in [0.2, 0.25) is 5.02 Å². The first-order chi connectivity index (χ1) is 8.79. The quantitative estimate of drug-likeness (QED) is 0.469. The van der Waals surface area contributed by atoms with Crippen LogP contribution in [-0.2, 0) is 4.79 Å². The third-order valence-electron chi connectivity index (χ3n) is 1.82. The Bertz CT molecular complexity index is 544. The largest absolute Gasteiger partial charge is 0.370 e. The molecule has 0 aliphatic carbocycles. The Kier molecular flexibility index (Phi) is 4.65. The second-order valence-corrected chi connectivity index (χ2v) is 3.88. The van der Waals surface area contributed by atoms with Crippen LogP contribution in [0, 0.1) is 5.82 Å². The first kappa shape index (κ1) is 14.7. The predicted octanol–water partition coefficient (Wildman–Crippen LogP) is 0.657. The van der Waals surface area contributed by atoms with Crippen LogP contribution in [0.5, 0.6) is 0 Å². The van der Waals surface area contributed by atoms with Crippen molar-refractivity contribution in [2.24, 2.45) is 27.2 Å². The molecule has 0 saturated carbocycles. The molecule has 7 nitrogen and oxygen atoms in total. The number of benzene rings is 1. The van der Waals surface area contributed by atoms with Gasteiger partial charge < -0.3 is 22.5 Å². The van der Waals surface area contributed by atoms with Crippen LogP contribution < -0.4 is 22.5 Å². The summed E-state index contributed by atoms with van der Waals surface area (Å²) in [5.41, 5.74) is 15.6. The fourth-order valence-corrected chi connectivity index (χ4v) is 1.46. The van der Waals surface area contributed by atoms with Crippen molar-refractivity contribution in [2.45, 2.75) is 6.92 Å². The van der Waals surface area contributed by atoms with Gasteiger partial charge >= 0.3 is 0 Å². The average molecular weight is 287 g/mol. The highest BCUT2D eigenvalue weighted by atomic mass is 35.5. The molecular weight excluding hydrogens is 275 g/mol. The Hall–Kier alpha value is -2.35. The first-order valence-corrected chi connectivity index (χ1v) is 5.38. The molecule has 9 heteroatoms. The minimum atomic E-state index is -0.751. The summed E-state index contributed by atoms with van der Waals surface area (Å²) in [6, 6.07) is 2.34. The van der Waals surface area contributed by atoms with E-state index in [2.05, 4.69) is 15.3 Å². The lowest BCUT2D eigenvalue weighted by atomic mass is 10.2. The van der Waals surface area contributed by atoms with Crippen LogP contribution in [0.4, 0.5) is 15.8 Å². The number of nitrogens with zero attached hydrogens (tertiary/aromatic N) is 2. The van der Waals surface area contributed by atoms with Gasteiger partial charge in [-0.05, 0) is 6.07 Å². The summed E-state index contributed by atoms with van der Waals surface area (Å²) in [5, 5.41) is 2.24. The number of aliphatic imine (C=N–C) groups is 2. The highest BCUT2D eigenvalue weighted by Gasteiger charge is 2.11. The fraction of sp³-hybridized carbons (Fsp3) is 0.100. The van der Waals surface area contributed by atoms with Crippen molar-refractivity contribution < 1.29 is 9.18 Å². The van der Waals surface area contributed by atoms with E-state index < -0.39 is 11.7 Å². The number of halogens is 2. The van der Waals surface area contributed by atoms with Crippen LogP contribution >= 0.6 is 11.6 Å². The topological polar surface area (TPSA) is 132 Å². The summed E-state index contributed by atoms with van der Waals surface area (Å²) in [6.45, 7) is 1.23. The van der Waals surface area contributed by atoms with Crippen LogP contribution in [0.1, 0.15) is 6.92 Å². The van der Waals surface area contributed by atoms with Crippen LogP contribution in [0.15, 0.2) is 22.1 Å². The molecule has 1 rings (SSSR count). The third-order valence-corrected chi connectivity index (χ3v) is 2.11. The van der Waals surface area contributed by atoms with Gasteiger partial charge in [0.25, 0.3) is 0 Å². The molecule has 102 valence electrons. The smallest absolute Gasteiger partial charge is 0.223 e. The Morgan fingerprint density at radius 3 is 2.47 bits per heavy atom. The third kappa shape index (κ3) is 4.43. The minimum Gasteiger partial charge on any atom is -0.370 e. The van der Waals surface area contributed by atoms with Crippen molar-refractivity contribution >= 4 is 40.8 Å². The monoisotopic (exact) mass is 286 g/mol. The van der Waals surface area contributed by atoms with Crippen molar-refractivity contribution in [2.75, 3.05) is 5.32 Å². The zero-order chi connectivity index (χ0) is 14.6. The molecule has 0 radical (unpaired) electrons. The van der Waals surface area contributed by atoms with Crippen LogP contribution in [0.3, 0.4) is 0 Å². The Morgan fingerprint density at radius 2 is 2.00 bits per heavy atom. The van der Waals surface area contributed by atoms with Gasteiger partial charge in [-0.15, -0.1) is 0 Å². The van der Waals surface area contributed by atoms with Gasteiger partial charge in [0.15, 0.2) is 5.96 Å². The molecule has 0 aliphatic rings. The molecule has 0 spiro atoms. The number of carbonyl (C=O) groups excluding carboxylic acids is 1. The van der Waals surface area contributed by atoms with E-state index >= 15 is 0 Å². The molecule has 0 heterocycles. The number of rotatable bonds is 2. The van der Waals surface area contributed by atoms with Crippen molar-refractivity contribution in [3.8, 4) is 0 Å². The van der Waals surface area contributed by atoms with E-state index in [0.717, 1.165) is 6.07 Å². The van der Waals surface area contributed by atoms with E-state index in [0.29, 0.717) is 0 Å². The second-order valence-electron chi connectivity index (χ2n) is 3.47. The van der Waals surface area contributed by atoms with Gasteiger partial charge in [0.1, 0.15) is 5.82 Å². The number of hydrogen-bond donors (Lipinski definition) is 4. The van der Waals surface area contributed by atoms with E-state index in [-0.39, 0.29) is 28.3 Å². The zero-order valence-corrected chi connectivity index (χ0v) is 10.7. The van der Waals surface area contributed by atoms with E-state index in [4.69, 9.17) is 28.8 Å². The number of guanidine groups is 2. The summed E-state index contributed by atoms with van der Waals surface area (Å²) < 4.78 is 13.7. The molecule has 0 atom stereocenters. The summed E-state index contributed by atoms with van der Waals surface area (Å²) in [7, 11) is 0. The number of carbonyl (C=O) groups is 1.